The van der Waals surface area contributed by atoms with Crippen LogP contribution in [0.5, 0.6) is 0 Å². The number of fused-ring (bicyclic) bond motifs is 1. The van der Waals surface area contributed by atoms with Crippen LogP contribution in [-0.2, 0) is 11.3 Å². The molecule has 0 radical (unpaired) electrons. The highest BCUT2D eigenvalue weighted by Gasteiger charge is 2.19. The Bertz CT molecular complexity index is 994. The minimum atomic E-state index is -0.340. The third-order valence-electron chi connectivity index (χ3n) is 4.32. The summed E-state index contributed by atoms with van der Waals surface area (Å²) in [5.74, 6) is -0.138. The smallest absolute Gasteiger partial charge is 0.291 e. The van der Waals surface area contributed by atoms with Gasteiger partial charge in [0.25, 0.3) is 5.91 Å². The minimum Gasteiger partial charge on any atom is -0.451 e. The molecule has 2 amide bonds. The molecule has 3 aromatic rings. The first-order chi connectivity index (χ1) is 12.4. The van der Waals surface area contributed by atoms with Crippen molar-refractivity contribution in [1.82, 2.24) is 4.90 Å². The van der Waals surface area contributed by atoms with Crippen LogP contribution in [0.3, 0.4) is 0 Å². The largest absolute Gasteiger partial charge is 0.451 e. The van der Waals surface area contributed by atoms with Crippen LogP contribution >= 0.6 is 11.6 Å². The van der Waals surface area contributed by atoms with E-state index in [2.05, 4.69) is 5.32 Å². The summed E-state index contributed by atoms with van der Waals surface area (Å²) in [6.45, 7) is 3.73. The molecule has 0 saturated heterocycles. The zero-order valence-corrected chi connectivity index (χ0v) is 15.6. The Labute approximate surface area is 156 Å². The van der Waals surface area contributed by atoms with E-state index in [0.717, 1.165) is 16.5 Å². The quantitative estimate of drug-likeness (QED) is 0.728. The summed E-state index contributed by atoms with van der Waals surface area (Å²) in [6, 6.07) is 12.6. The average molecular weight is 371 g/mol. The third kappa shape index (κ3) is 3.58. The first kappa shape index (κ1) is 18.0. The lowest BCUT2D eigenvalue weighted by atomic mass is 10.1. The first-order valence-electron chi connectivity index (χ1n) is 8.16. The van der Waals surface area contributed by atoms with E-state index < -0.39 is 0 Å². The van der Waals surface area contributed by atoms with Gasteiger partial charge in [-0.05, 0) is 36.8 Å². The molecule has 0 spiro atoms. The highest BCUT2D eigenvalue weighted by molar-refractivity contribution is 6.31. The molecule has 0 aliphatic rings. The first-order valence-corrected chi connectivity index (χ1v) is 8.54. The predicted octanol–water partition coefficient (Wildman–Crippen LogP) is 4.63. The number of benzene rings is 2. The van der Waals surface area contributed by atoms with E-state index in [1.165, 1.54) is 6.92 Å². The van der Waals surface area contributed by atoms with Gasteiger partial charge in [-0.2, -0.15) is 0 Å². The van der Waals surface area contributed by atoms with Crippen LogP contribution < -0.4 is 5.32 Å². The van der Waals surface area contributed by atoms with Gasteiger partial charge in [0.05, 0.1) is 0 Å². The van der Waals surface area contributed by atoms with Crippen molar-refractivity contribution in [2.45, 2.75) is 20.4 Å². The van der Waals surface area contributed by atoms with Crippen LogP contribution in [-0.4, -0.2) is 23.8 Å². The van der Waals surface area contributed by atoms with Gasteiger partial charge in [-0.1, -0.05) is 29.8 Å². The molecule has 1 heterocycles. The van der Waals surface area contributed by atoms with Gasteiger partial charge in [0.2, 0.25) is 5.91 Å². The van der Waals surface area contributed by atoms with Crippen molar-refractivity contribution in [2.24, 2.45) is 0 Å². The fourth-order valence-electron chi connectivity index (χ4n) is 2.74. The number of carbonyl (C=O) groups excluding carboxylic acids is 2. The number of anilines is 1. The highest BCUT2D eigenvalue weighted by Crippen LogP contribution is 2.29. The number of hydrogen-bond donors (Lipinski definition) is 1. The van der Waals surface area contributed by atoms with Crippen molar-refractivity contribution in [2.75, 3.05) is 12.4 Å². The number of hydrogen-bond acceptors (Lipinski definition) is 3. The van der Waals surface area contributed by atoms with Crippen molar-refractivity contribution in [1.29, 1.82) is 0 Å². The monoisotopic (exact) mass is 370 g/mol. The van der Waals surface area contributed by atoms with Gasteiger partial charge in [-0.3, -0.25) is 9.59 Å². The Morgan fingerprint density at radius 1 is 1.19 bits per heavy atom. The molecule has 0 bridgehead atoms. The maximum absolute atomic E-state index is 12.7. The number of furan rings is 1. The van der Waals surface area contributed by atoms with Crippen LogP contribution in [0.15, 0.2) is 46.9 Å². The van der Waals surface area contributed by atoms with Gasteiger partial charge in [-0.15, -0.1) is 0 Å². The van der Waals surface area contributed by atoms with E-state index in [-0.39, 0.29) is 17.6 Å². The second kappa shape index (κ2) is 7.22. The number of halogens is 1. The summed E-state index contributed by atoms with van der Waals surface area (Å²) >= 11 is 6.03. The molecular formula is C20H19ClN2O3. The third-order valence-corrected chi connectivity index (χ3v) is 4.55. The molecule has 0 aliphatic carbocycles. The summed E-state index contributed by atoms with van der Waals surface area (Å²) in [7, 11) is 1.72. The Morgan fingerprint density at radius 3 is 2.65 bits per heavy atom. The SMILES string of the molecule is CC(=O)N(C)Cc1ccccc1NC(=O)c1oc2ccc(Cl)cc2c1C. The molecule has 26 heavy (non-hydrogen) atoms. The highest BCUT2D eigenvalue weighted by atomic mass is 35.5. The van der Waals surface area contributed by atoms with E-state index in [9.17, 15) is 9.59 Å². The van der Waals surface area contributed by atoms with E-state index >= 15 is 0 Å². The summed E-state index contributed by atoms with van der Waals surface area (Å²) in [6.07, 6.45) is 0. The minimum absolute atomic E-state index is 0.0452. The molecular weight excluding hydrogens is 352 g/mol. The second-order valence-electron chi connectivity index (χ2n) is 6.18. The van der Waals surface area contributed by atoms with Gasteiger partial charge in [0, 0.05) is 42.2 Å². The van der Waals surface area contributed by atoms with Crippen molar-refractivity contribution in [3.8, 4) is 0 Å². The molecule has 6 heteroatoms. The Balaban J connectivity index is 1.89. The summed E-state index contributed by atoms with van der Waals surface area (Å²) < 4.78 is 5.71. The summed E-state index contributed by atoms with van der Waals surface area (Å²) in [4.78, 5) is 25.8. The molecule has 5 nitrogen and oxygen atoms in total. The number of carbonyl (C=O) groups is 2. The van der Waals surface area contributed by atoms with Crippen molar-refractivity contribution in [3.63, 3.8) is 0 Å². The topological polar surface area (TPSA) is 62.6 Å². The lowest BCUT2D eigenvalue weighted by molar-refractivity contribution is -0.128. The number of rotatable bonds is 4. The van der Waals surface area contributed by atoms with Gasteiger partial charge in [0.15, 0.2) is 5.76 Å². The lowest BCUT2D eigenvalue weighted by Gasteiger charge is -2.17. The molecule has 0 saturated carbocycles. The number of para-hydroxylation sites is 1. The molecule has 0 aliphatic heterocycles. The summed E-state index contributed by atoms with van der Waals surface area (Å²) in [5.41, 5.74) is 2.83. The zero-order valence-electron chi connectivity index (χ0n) is 14.8. The molecule has 0 atom stereocenters. The summed E-state index contributed by atoms with van der Waals surface area (Å²) in [5, 5.41) is 4.29. The fraction of sp³-hybridized carbons (Fsp3) is 0.200. The predicted molar refractivity (Wildman–Crippen MR) is 103 cm³/mol. The van der Waals surface area contributed by atoms with Gasteiger partial charge < -0.3 is 14.6 Å². The van der Waals surface area contributed by atoms with Gasteiger partial charge in [-0.25, -0.2) is 0 Å². The molecule has 0 fully saturated rings. The van der Waals surface area contributed by atoms with E-state index in [1.54, 1.807) is 36.2 Å². The van der Waals surface area contributed by atoms with Gasteiger partial charge in [0.1, 0.15) is 5.58 Å². The fourth-order valence-corrected chi connectivity index (χ4v) is 2.91. The van der Waals surface area contributed by atoms with Crippen LogP contribution in [0.1, 0.15) is 28.6 Å². The lowest BCUT2D eigenvalue weighted by Crippen LogP contribution is -2.24. The van der Waals surface area contributed by atoms with E-state index in [1.807, 2.05) is 25.1 Å². The number of amides is 2. The number of nitrogens with one attached hydrogen (secondary N) is 1. The molecule has 0 unspecified atom stereocenters. The Hall–Kier alpha value is -2.79. The number of nitrogens with zero attached hydrogens (tertiary/aromatic N) is 1. The van der Waals surface area contributed by atoms with E-state index in [4.69, 9.17) is 16.0 Å². The molecule has 134 valence electrons. The molecule has 1 aromatic heterocycles. The van der Waals surface area contributed by atoms with Crippen molar-refractivity contribution >= 4 is 40.1 Å². The van der Waals surface area contributed by atoms with Crippen LogP contribution in [0, 0.1) is 6.92 Å². The van der Waals surface area contributed by atoms with Crippen LogP contribution in [0.2, 0.25) is 5.02 Å². The standard InChI is InChI=1S/C20H19ClN2O3/c1-12-16-10-15(21)8-9-18(16)26-19(12)20(25)22-17-7-5-4-6-14(17)11-23(3)13(2)24/h4-10H,11H2,1-3H3,(H,22,25). The maximum Gasteiger partial charge on any atom is 0.291 e. The van der Waals surface area contributed by atoms with E-state index in [0.29, 0.717) is 22.8 Å². The van der Waals surface area contributed by atoms with Gasteiger partial charge >= 0.3 is 0 Å². The number of aryl methyl sites for hydroxylation is 1. The second-order valence-corrected chi connectivity index (χ2v) is 6.62. The molecule has 1 N–H and O–H groups in total. The zero-order chi connectivity index (χ0) is 18.8. The van der Waals surface area contributed by atoms with Crippen LogP contribution in [0.25, 0.3) is 11.0 Å². The van der Waals surface area contributed by atoms with Crippen molar-refractivity contribution < 1.29 is 14.0 Å². The van der Waals surface area contributed by atoms with Crippen molar-refractivity contribution in [3.05, 3.63) is 64.4 Å². The molecule has 3 rings (SSSR count). The Kier molecular flexibility index (Phi) is 5.00. The Morgan fingerprint density at radius 2 is 1.92 bits per heavy atom. The molecule has 2 aromatic carbocycles. The maximum atomic E-state index is 12.7. The van der Waals surface area contributed by atoms with Crippen LogP contribution in [0.4, 0.5) is 5.69 Å². The average Bonchev–Trinajstić information content (AvgIpc) is 2.93. The normalized spacial score (nSPS) is 10.8.